The summed E-state index contributed by atoms with van der Waals surface area (Å²) in [4.78, 5) is 30.0. The van der Waals surface area contributed by atoms with E-state index in [0.29, 0.717) is 34.9 Å². The van der Waals surface area contributed by atoms with E-state index in [2.05, 4.69) is 158 Å². The second-order valence-corrected chi connectivity index (χ2v) is 15.6. The monoisotopic (exact) mass is 818 g/mol. The lowest BCUT2D eigenvalue weighted by atomic mass is 9.98. The van der Waals surface area contributed by atoms with Crippen molar-refractivity contribution in [3.05, 3.63) is 231 Å². The van der Waals surface area contributed by atoms with E-state index in [4.69, 9.17) is 29.9 Å². The fourth-order valence-electron chi connectivity index (χ4n) is 7.96. The van der Waals surface area contributed by atoms with Crippen LogP contribution in [-0.2, 0) is 0 Å². The Morgan fingerprint density at radius 2 is 0.375 bits per heavy atom. The van der Waals surface area contributed by atoms with Crippen molar-refractivity contribution >= 4 is 10.8 Å². The van der Waals surface area contributed by atoms with Crippen LogP contribution >= 0.6 is 0 Å². The Morgan fingerprint density at radius 3 is 0.734 bits per heavy atom. The Hall–Kier alpha value is -8.74. The summed E-state index contributed by atoms with van der Waals surface area (Å²) in [6.45, 7) is 0. The first kappa shape index (κ1) is 38.2. The molecule has 0 saturated carbocycles. The third kappa shape index (κ3) is 7.95. The smallest absolute Gasteiger partial charge is 0.164 e. The number of hydrogen-bond acceptors (Lipinski definition) is 6. The highest BCUT2D eigenvalue weighted by Gasteiger charge is 2.16. The van der Waals surface area contributed by atoms with Crippen LogP contribution < -0.4 is 0 Å². The number of rotatable bonds is 9. The van der Waals surface area contributed by atoms with E-state index in [1.54, 1.807) is 0 Å². The molecule has 0 N–H and O–H groups in total. The van der Waals surface area contributed by atoms with Gasteiger partial charge < -0.3 is 0 Å². The lowest BCUT2D eigenvalue weighted by Crippen LogP contribution is -2.00. The Bertz CT molecular complexity index is 3220. The topological polar surface area (TPSA) is 77.3 Å². The first-order valence-electron chi connectivity index (χ1n) is 21.3. The van der Waals surface area contributed by atoms with Gasteiger partial charge >= 0.3 is 0 Å². The molecule has 300 valence electrons. The summed E-state index contributed by atoms with van der Waals surface area (Å²) >= 11 is 0. The van der Waals surface area contributed by atoms with Gasteiger partial charge in [-0.25, -0.2) is 29.9 Å². The van der Waals surface area contributed by atoms with Crippen molar-refractivity contribution in [2.45, 2.75) is 0 Å². The second-order valence-electron chi connectivity index (χ2n) is 15.6. The van der Waals surface area contributed by atoms with Gasteiger partial charge in [0.2, 0.25) is 0 Å². The van der Waals surface area contributed by atoms with Gasteiger partial charge in [0, 0.05) is 33.4 Å². The number of aromatic nitrogens is 6. The van der Waals surface area contributed by atoms with Crippen LogP contribution in [0.5, 0.6) is 0 Å². The van der Waals surface area contributed by atoms with E-state index in [1.807, 2.05) is 72.8 Å². The first-order valence-corrected chi connectivity index (χ1v) is 21.3. The van der Waals surface area contributed by atoms with Gasteiger partial charge in [-0.2, -0.15) is 0 Å². The normalized spacial score (nSPS) is 11.1. The lowest BCUT2D eigenvalue weighted by molar-refractivity contribution is 1.07. The predicted octanol–water partition coefficient (Wildman–Crippen LogP) is 14.2. The molecule has 64 heavy (non-hydrogen) atoms. The molecule has 0 spiro atoms. The van der Waals surface area contributed by atoms with Crippen molar-refractivity contribution in [2.24, 2.45) is 0 Å². The molecule has 0 atom stereocenters. The SMILES string of the molecule is c1ccc(-c2ccc(-c3nc(-c4ccc(-c5ccccc5)cc4)nc(-c4ccc5ccc(-c6ccc(-c7nc(-c8ccccc8)nc(-c8ccccc8)n7)cc6)cc5c4)n3)cc2)cc1. The molecule has 0 bridgehead atoms. The molecule has 11 rings (SSSR count). The average Bonchev–Trinajstić information content (AvgIpc) is 3.39. The quantitative estimate of drug-likeness (QED) is 0.144. The summed E-state index contributed by atoms with van der Waals surface area (Å²) in [5, 5.41) is 2.21. The van der Waals surface area contributed by atoms with Gasteiger partial charge in [0.25, 0.3) is 0 Å². The molecule has 6 heteroatoms. The third-order valence-corrected chi connectivity index (χ3v) is 11.4. The fourth-order valence-corrected chi connectivity index (χ4v) is 7.96. The molecule has 0 unspecified atom stereocenters. The highest BCUT2D eigenvalue weighted by atomic mass is 15.0. The summed E-state index contributed by atoms with van der Waals surface area (Å²) in [5.74, 6) is 3.74. The van der Waals surface area contributed by atoms with Gasteiger partial charge in [0.15, 0.2) is 34.9 Å². The van der Waals surface area contributed by atoms with Crippen LogP contribution in [0.3, 0.4) is 0 Å². The summed E-state index contributed by atoms with van der Waals surface area (Å²) in [5.41, 5.74) is 12.3. The van der Waals surface area contributed by atoms with Crippen LogP contribution in [0.2, 0.25) is 0 Å². The molecule has 11 aromatic rings. The van der Waals surface area contributed by atoms with Crippen LogP contribution in [0.4, 0.5) is 0 Å². The third-order valence-electron chi connectivity index (χ3n) is 11.4. The van der Waals surface area contributed by atoms with Crippen LogP contribution in [0, 0.1) is 0 Å². The van der Waals surface area contributed by atoms with E-state index >= 15 is 0 Å². The minimum absolute atomic E-state index is 0.609. The van der Waals surface area contributed by atoms with Gasteiger partial charge in [-0.05, 0) is 56.3 Å². The fraction of sp³-hybridized carbons (Fsp3) is 0. The van der Waals surface area contributed by atoms with Gasteiger partial charge in [0.05, 0.1) is 0 Å². The number of benzene rings is 9. The maximum absolute atomic E-state index is 5.11. The maximum atomic E-state index is 5.11. The summed E-state index contributed by atoms with van der Waals surface area (Å²) in [6, 6.07) is 79.1. The van der Waals surface area contributed by atoms with Crippen molar-refractivity contribution < 1.29 is 0 Å². The van der Waals surface area contributed by atoms with Crippen molar-refractivity contribution in [3.8, 4) is 102 Å². The molecule has 0 radical (unpaired) electrons. The van der Waals surface area contributed by atoms with Crippen molar-refractivity contribution in [2.75, 3.05) is 0 Å². The molecule has 0 fully saturated rings. The van der Waals surface area contributed by atoms with Crippen molar-refractivity contribution in [1.29, 1.82) is 0 Å². The first-order chi connectivity index (χ1) is 31.7. The molecule has 0 saturated heterocycles. The summed E-state index contributed by atoms with van der Waals surface area (Å²) < 4.78 is 0. The lowest BCUT2D eigenvalue weighted by Gasteiger charge is -2.11. The Labute approximate surface area is 371 Å². The minimum atomic E-state index is 0.609. The maximum Gasteiger partial charge on any atom is 0.164 e. The zero-order chi connectivity index (χ0) is 42.7. The zero-order valence-corrected chi connectivity index (χ0v) is 34.6. The van der Waals surface area contributed by atoms with Gasteiger partial charge in [-0.15, -0.1) is 0 Å². The van der Waals surface area contributed by atoms with E-state index in [-0.39, 0.29) is 0 Å². The molecular formula is C58H38N6. The molecule has 2 aromatic heterocycles. The van der Waals surface area contributed by atoms with Crippen LogP contribution in [0.25, 0.3) is 112 Å². The Kier molecular flexibility index (Phi) is 10.1. The number of hydrogen-bond donors (Lipinski definition) is 0. The molecule has 0 aliphatic carbocycles. The molecule has 6 nitrogen and oxygen atoms in total. The van der Waals surface area contributed by atoms with E-state index in [1.165, 1.54) is 0 Å². The highest BCUT2D eigenvalue weighted by molar-refractivity contribution is 5.91. The van der Waals surface area contributed by atoms with Crippen LogP contribution in [0.1, 0.15) is 0 Å². The van der Waals surface area contributed by atoms with E-state index < -0.39 is 0 Å². The van der Waals surface area contributed by atoms with E-state index in [0.717, 1.165) is 77.5 Å². The second kappa shape index (κ2) is 17.0. The molecule has 0 aliphatic rings. The molecule has 0 aliphatic heterocycles. The summed E-state index contributed by atoms with van der Waals surface area (Å²) in [6.07, 6.45) is 0. The van der Waals surface area contributed by atoms with Gasteiger partial charge in [0.1, 0.15) is 0 Å². The minimum Gasteiger partial charge on any atom is -0.208 e. The van der Waals surface area contributed by atoms with Gasteiger partial charge in [-0.1, -0.05) is 218 Å². The standard InChI is InChI=1S/C58H38N6/c1-5-13-39(14-6-1)41-21-29-47(30-22-41)56-62-57(48-31-23-42(24-32-48)40-15-7-2-8-16-40)64-58(63-56)51-36-28-44-27-35-50(37-52(44)38-51)43-25-33-49(34-26-43)55-60-53(45-17-9-3-10-18-45)59-54(61-55)46-19-11-4-12-20-46/h1-38H. The van der Waals surface area contributed by atoms with Crippen molar-refractivity contribution in [3.63, 3.8) is 0 Å². The summed E-state index contributed by atoms with van der Waals surface area (Å²) in [7, 11) is 0. The van der Waals surface area contributed by atoms with Crippen LogP contribution in [0.15, 0.2) is 231 Å². The largest absolute Gasteiger partial charge is 0.208 e. The molecular weight excluding hydrogens is 781 g/mol. The Morgan fingerprint density at radius 1 is 0.156 bits per heavy atom. The number of fused-ring (bicyclic) bond motifs is 1. The van der Waals surface area contributed by atoms with Gasteiger partial charge in [-0.3, -0.25) is 0 Å². The average molecular weight is 819 g/mol. The zero-order valence-electron chi connectivity index (χ0n) is 34.6. The number of nitrogens with zero attached hydrogens (tertiary/aromatic N) is 6. The highest BCUT2D eigenvalue weighted by Crippen LogP contribution is 2.33. The molecule has 0 amide bonds. The predicted molar refractivity (Wildman–Crippen MR) is 260 cm³/mol. The van der Waals surface area contributed by atoms with E-state index in [9.17, 15) is 0 Å². The molecule has 2 heterocycles. The van der Waals surface area contributed by atoms with Crippen LogP contribution in [-0.4, -0.2) is 29.9 Å². The molecule has 9 aromatic carbocycles. The van der Waals surface area contributed by atoms with Crippen molar-refractivity contribution in [1.82, 2.24) is 29.9 Å². The Balaban J connectivity index is 0.941.